The zero-order valence-corrected chi connectivity index (χ0v) is 16.1. The van der Waals surface area contributed by atoms with Crippen LogP contribution in [0.4, 0.5) is 5.69 Å². The first-order valence-electron chi connectivity index (χ1n) is 9.06. The van der Waals surface area contributed by atoms with Crippen molar-refractivity contribution in [2.45, 2.75) is 26.2 Å². The summed E-state index contributed by atoms with van der Waals surface area (Å²) in [4.78, 5) is 23.2. The molecule has 28 heavy (non-hydrogen) atoms. The normalized spacial score (nSPS) is 10.2. The van der Waals surface area contributed by atoms with Crippen molar-refractivity contribution >= 4 is 17.6 Å². The SMILES string of the molecule is CCCOc1ccc(CCC(=O)O)cc1NC(=O)COc1ccccc1OC. The molecule has 7 heteroatoms. The highest BCUT2D eigenvalue weighted by atomic mass is 16.5. The zero-order valence-electron chi connectivity index (χ0n) is 16.1. The number of carbonyl (C=O) groups is 2. The maximum atomic E-state index is 12.4. The molecule has 0 aliphatic rings. The first-order valence-corrected chi connectivity index (χ1v) is 9.06. The van der Waals surface area contributed by atoms with Gasteiger partial charge in [-0.15, -0.1) is 0 Å². The van der Waals surface area contributed by atoms with Gasteiger partial charge in [0.2, 0.25) is 0 Å². The molecule has 7 nitrogen and oxygen atoms in total. The van der Waals surface area contributed by atoms with E-state index in [1.165, 1.54) is 7.11 Å². The number of amides is 1. The molecule has 2 aromatic rings. The standard InChI is InChI=1S/C21H25NO6/c1-3-12-27-17-10-8-15(9-11-21(24)25)13-16(17)22-20(23)14-28-19-7-5-4-6-18(19)26-2/h4-8,10,13H,3,9,11-12,14H2,1-2H3,(H,22,23)(H,24,25). The highest BCUT2D eigenvalue weighted by Gasteiger charge is 2.12. The van der Waals surface area contributed by atoms with E-state index in [0.29, 0.717) is 36.0 Å². The van der Waals surface area contributed by atoms with E-state index >= 15 is 0 Å². The minimum atomic E-state index is -0.873. The Morgan fingerprint density at radius 2 is 1.79 bits per heavy atom. The van der Waals surface area contributed by atoms with Crippen molar-refractivity contribution in [3.8, 4) is 17.2 Å². The monoisotopic (exact) mass is 387 g/mol. The number of hydrogen-bond donors (Lipinski definition) is 2. The molecule has 2 aromatic carbocycles. The lowest BCUT2D eigenvalue weighted by molar-refractivity contribution is -0.137. The Hall–Kier alpha value is -3.22. The van der Waals surface area contributed by atoms with Gasteiger partial charge < -0.3 is 24.6 Å². The van der Waals surface area contributed by atoms with Crippen LogP contribution in [-0.4, -0.2) is 37.3 Å². The molecule has 0 spiro atoms. The average Bonchev–Trinajstić information content (AvgIpc) is 2.70. The summed E-state index contributed by atoms with van der Waals surface area (Å²) in [5, 5.41) is 11.6. The van der Waals surface area contributed by atoms with Crippen LogP contribution >= 0.6 is 0 Å². The number of aryl methyl sites for hydroxylation is 1. The van der Waals surface area contributed by atoms with Crippen LogP contribution in [0.1, 0.15) is 25.3 Å². The lowest BCUT2D eigenvalue weighted by Crippen LogP contribution is -2.21. The largest absolute Gasteiger partial charge is 0.493 e. The Morgan fingerprint density at radius 1 is 1.04 bits per heavy atom. The van der Waals surface area contributed by atoms with Crippen LogP contribution in [0.2, 0.25) is 0 Å². The summed E-state index contributed by atoms with van der Waals surface area (Å²) in [6, 6.07) is 12.3. The number of carboxylic acid groups (broad SMARTS) is 1. The Morgan fingerprint density at radius 3 is 2.46 bits per heavy atom. The van der Waals surface area contributed by atoms with Crippen molar-refractivity contribution in [3.05, 3.63) is 48.0 Å². The molecular formula is C21H25NO6. The third-order valence-corrected chi connectivity index (χ3v) is 3.84. The Bertz CT molecular complexity index is 805. The van der Waals surface area contributed by atoms with Gasteiger partial charge in [-0.3, -0.25) is 9.59 Å². The number of nitrogens with one attached hydrogen (secondary N) is 1. The van der Waals surface area contributed by atoms with E-state index in [9.17, 15) is 9.59 Å². The molecule has 0 aliphatic carbocycles. The molecule has 0 aliphatic heterocycles. The van der Waals surface area contributed by atoms with Crippen LogP contribution in [0.15, 0.2) is 42.5 Å². The summed E-state index contributed by atoms with van der Waals surface area (Å²) in [5.41, 5.74) is 1.29. The Balaban J connectivity index is 2.06. The van der Waals surface area contributed by atoms with Gasteiger partial charge >= 0.3 is 5.97 Å². The van der Waals surface area contributed by atoms with Gasteiger partial charge in [0.15, 0.2) is 18.1 Å². The molecule has 0 saturated heterocycles. The number of anilines is 1. The van der Waals surface area contributed by atoms with Crippen molar-refractivity contribution in [2.24, 2.45) is 0 Å². The molecule has 0 heterocycles. The highest BCUT2D eigenvalue weighted by Crippen LogP contribution is 2.28. The van der Waals surface area contributed by atoms with E-state index in [4.69, 9.17) is 19.3 Å². The lowest BCUT2D eigenvalue weighted by atomic mass is 10.1. The molecule has 0 radical (unpaired) electrons. The van der Waals surface area contributed by atoms with Gasteiger partial charge in [-0.1, -0.05) is 25.1 Å². The van der Waals surface area contributed by atoms with Crippen LogP contribution in [0.5, 0.6) is 17.2 Å². The van der Waals surface area contributed by atoms with E-state index in [0.717, 1.165) is 12.0 Å². The topological polar surface area (TPSA) is 94.1 Å². The Labute approximate surface area is 164 Å². The maximum absolute atomic E-state index is 12.4. The van der Waals surface area contributed by atoms with Crippen LogP contribution in [-0.2, 0) is 16.0 Å². The fraction of sp³-hybridized carbons (Fsp3) is 0.333. The van der Waals surface area contributed by atoms with Gasteiger partial charge in [0.05, 0.1) is 19.4 Å². The van der Waals surface area contributed by atoms with E-state index in [2.05, 4.69) is 5.32 Å². The van der Waals surface area contributed by atoms with Crippen LogP contribution < -0.4 is 19.5 Å². The molecule has 2 rings (SSSR count). The van der Waals surface area contributed by atoms with Crippen LogP contribution in [0, 0.1) is 0 Å². The zero-order chi connectivity index (χ0) is 20.4. The molecular weight excluding hydrogens is 362 g/mol. The maximum Gasteiger partial charge on any atom is 0.303 e. The number of carboxylic acids is 1. The summed E-state index contributed by atoms with van der Waals surface area (Å²) in [6.07, 6.45) is 1.20. The van der Waals surface area contributed by atoms with Crippen molar-refractivity contribution < 1.29 is 28.9 Å². The van der Waals surface area contributed by atoms with Crippen LogP contribution in [0.3, 0.4) is 0 Å². The predicted octanol–water partition coefficient (Wildman–Crippen LogP) is 3.52. The van der Waals surface area contributed by atoms with Crippen molar-refractivity contribution in [1.29, 1.82) is 0 Å². The molecule has 0 unspecified atom stereocenters. The molecule has 0 atom stereocenters. The summed E-state index contributed by atoms with van der Waals surface area (Å²) in [5.74, 6) is 0.312. The predicted molar refractivity (Wildman–Crippen MR) is 105 cm³/mol. The molecule has 0 bridgehead atoms. The minimum Gasteiger partial charge on any atom is -0.493 e. The Kier molecular flexibility index (Phi) is 8.14. The minimum absolute atomic E-state index is 0.0134. The van der Waals surface area contributed by atoms with Gasteiger partial charge in [-0.25, -0.2) is 0 Å². The van der Waals surface area contributed by atoms with E-state index in [1.54, 1.807) is 36.4 Å². The second kappa shape index (κ2) is 10.8. The average molecular weight is 387 g/mol. The van der Waals surface area contributed by atoms with Gasteiger partial charge in [0.1, 0.15) is 5.75 Å². The lowest BCUT2D eigenvalue weighted by Gasteiger charge is -2.14. The van der Waals surface area contributed by atoms with Gasteiger partial charge in [-0.2, -0.15) is 0 Å². The second-order valence-corrected chi connectivity index (χ2v) is 6.06. The number of carbonyl (C=O) groups excluding carboxylic acids is 1. The number of benzene rings is 2. The van der Waals surface area contributed by atoms with Crippen molar-refractivity contribution in [1.82, 2.24) is 0 Å². The van der Waals surface area contributed by atoms with Gasteiger partial charge in [0, 0.05) is 6.42 Å². The summed E-state index contributed by atoms with van der Waals surface area (Å²) < 4.78 is 16.4. The summed E-state index contributed by atoms with van der Waals surface area (Å²) in [6.45, 7) is 2.29. The molecule has 0 aromatic heterocycles. The highest BCUT2D eigenvalue weighted by molar-refractivity contribution is 5.93. The van der Waals surface area contributed by atoms with Crippen LogP contribution in [0.25, 0.3) is 0 Å². The van der Waals surface area contributed by atoms with E-state index < -0.39 is 5.97 Å². The van der Waals surface area contributed by atoms with Gasteiger partial charge in [0.25, 0.3) is 5.91 Å². The fourth-order valence-electron chi connectivity index (χ4n) is 2.49. The fourth-order valence-corrected chi connectivity index (χ4v) is 2.49. The number of hydrogen-bond acceptors (Lipinski definition) is 5. The van der Waals surface area contributed by atoms with E-state index in [1.807, 2.05) is 13.0 Å². The molecule has 0 saturated carbocycles. The van der Waals surface area contributed by atoms with Gasteiger partial charge in [-0.05, 0) is 42.7 Å². The third kappa shape index (κ3) is 6.50. The first kappa shape index (κ1) is 21.1. The summed E-state index contributed by atoms with van der Waals surface area (Å²) >= 11 is 0. The number of para-hydroxylation sites is 2. The smallest absolute Gasteiger partial charge is 0.303 e. The number of ether oxygens (including phenoxy) is 3. The molecule has 150 valence electrons. The molecule has 1 amide bonds. The third-order valence-electron chi connectivity index (χ3n) is 3.84. The van der Waals surface area contributed by atoms with Crippen molar-refractivity contribution in [2.75, 3.05) is 25.6 Å². The first-order chi connectivity index (χ1) is 13.5. The number of aliphatic carboxylic acids is 1. The van der Waals surface area contributed by atoms with E-state index in [-0.39, 0.29) is 18.9 Å². The summed E-state index contributed by atoms with van der Waals surface area (Å²) in [7, 11) is 1.53. The quantitative estimate of drug-likeness (QED) is 0.613. The molecule has 0 fully saturated rings. The molecule has 2 N–H and O–H groups in total. The second-order valence-electron chi connectivity index (χ2n) is 6.06. The number of rotatable bonds is 11. The number of methoxy groups -OCH3 is 1. The van der Waals surface area contributed by atoms with Crippen molar-refractivity contribution in [3.63, 3.8) is 0 Å².